The van der Waals surface area contributed by atoms with E-state index in [0.717, 1.165) is 16.9 Å². The lowest BCUT2D eigenvalue weighted by Crippen LogP contribution is -2.01. The molecule has 1 heterocycles. The summed E-state index contributed by atoms with van der Waals surface area (Å²) in [5.41, 5.74) is 0.975. The zero-order chi connectivity index (χ0) is 14.5. The van der Waals surface area contributed by atoms with E-state index in [1.807, 2.05) is 0 Å². The van der Waals surface area contributed by atoms with E-state index in [0.29, 0.717) is 18.8 Å². The Morgan fingerprint density at radius 1 is 1.35 bits per heavy atom. The molecule has 0 saturated carbocycles. The number of nitro groups is 1. The van der Waals surface area contributed by atoms with Crippen LogP contribution in [0.4, 0.5) is 5.69 Å². The number of carbonyl (C=O) groups is 1. The van der Waals surface area contributed by atoms with Gasteiger partial charge in [0.05, 0.1) is 11.5 Å². The summed E-state index contributed by atoms with van der Waals surface area (Å²) in [5, 5.41) is 20.9. The Morgan fingerprint density at radius 3 is 2.60 bits per heavy atom. The van der Waals surface area contributed by atoms with E-state index in [1.54, 1.807) is 17.5 Å². The molecule has 20 heavy (non-hydrogen) atoms. The van der Waals surface area contributed by atoms with Crippen molar-refractivity contribution in [3.8, 4) is 5.75 Å². The van der Waals surface area contributed by atoms with Crippen LogP contribution in [0.1, 0.15) is 15.2 Å². The number of benzene rings is 1. The molecule has 2 rings (SSSR count). The van der Waals surface area contributed by atoms with E-state index < -0.39 is 10.9 Å². The van der Waals surface area contributed by atoms with Gasteiger partial charge in [-0.3, -0.25) is 10.1 Å². The molecule has 0 aliphatic carbocycles. The number of hydrogen-bond donors (Lipinski definition) is 1. The van der Waals surface area contributed by atoms with E-state index in [1.165, 1.54) is 18.2 Å². The van der Waals surface area contributed by atoms with Crippen LogP contribution in [0.15, 0.2) is 35.7 Å². The minimum atomic E-state index is -0.972. The largest absolute Gasteiger partial charge is 0.492 e. The molecule has 1 aromatic carbocycles. The Hall–Kier alpha value is -2.41. The lowest BCUT2D eigenvalue weighted by Gasteiger charge is -2.03. The van der Waals surface area contributed by atoms with Crippen LogP contribution in [0.3, 0.4) is 0 Å². The van der Waals surface area contributed by atoms with Crippen molar-refractivity contribution in [2.24, 2.45) is 0 Å². The summed E-state index contributed by atoms with van der Waals surface area (Å²) >= 11 is 1.11. The summed E-state index contributed by atoms with van der Waals surface area (Å²) in [6.45, 7) is 0.383. The lowest BCUT2D eigenvalue weighted by atomic mass is 10.1. The summed E-state index contributed by atoms with van der Waals surface area (Å²) in [7, 11) is 0. The maximum atomic E-state index is 10.7. The standard InChI is InChI=1S/C13H11NO5S/c15-13(16)12-7-11(8-20-12)19-6-5-9-1-3-10(4-2-9)14(17)18/h1-4,7-8H,5-6H2,(H,15,16). The van der Waals surface area contributed by atoms with Crippen molar-refractivity contribution < 1.29 is 19.6 Å². The van der Waals surface area contributed by atoms with Crippen molar-refractivity contribution >= 4 is 23.0 Å². The number of hydrogen-bond acceptors (Lipinski definition) is 5. The number of thiophene rings is 1. The lowest BCUT2D eigenvalue weighted by molar-refractivity contribution is -0.384. The van der Waals surface area contributed by atoms with Gasteiger partial charge in [-0.2, -0.15) is 0 Å². The smallest absolute Gasteiger partial charge is 0.346 e. The van der Waals surface area contributed by atoms with E-state index in [9.17, 15) is 14.9 Å². The number of non-ortho nitro benzene ring substituents is 1. The van der Waals surface area contributed by atoms with Crippen LogP contribution < -0.4 is 4.74 Å². The predicted molar refractivity (Wildman–Crippen MR) is 73.6 cm³/mol. The third kappa shape index (κ3) is 3.55. The molecular weight excluding hydrogens is 282 g/mol. The van der Waals surface area contributed by atoms with Crippen molar-refractivity contribution in [2.75, 3.05) is 6.61 Å². The van der Waals surface area contributed by atoms with Crippen molar-refractivity contribution in [2.45, 2.75) is 6.42 Å². The second-order valence-corrected chi connectivity index (χ2v) is 4.89. The van der Waals surface area contributed by atoms with Crippen molar-refractivity contribution in [1.82, 2.24) is 0 Å². The van der Waals surface area contributed by atoms with E-state index in [4.69, 9.17) is 9.84 Å². The Balaban J connectivity index is 1.85. The molecule has 0 bridgehead atoms. The van der Waals surface area contributed by atoms with Crippen LogP contribution >= 0.6 is 11.3 Å². The van der Waals surface area contributed by atoms with Crippen LogP contribution in [0, 0.1) is 10.1 Å². The van der Waals surface area contributed by atoms with Crippen LogP contribution in [-0.2, 0) is 6.42 Å². The van der Waals surface area contributed by atoms with Gasteiger partial charge in [0, 0.05) is 30.0 Å². The topological polar surface area (TPSA) is 89.7 Å². The number of rotatable bonds is 6. The molecule has 2 aromatic rings. The van der Waals surface area contributed by atoms with Gasteiger partial charge in [0.25, 0.3) is 5.69 Å². The number of carboxylic acids is 1. The Kier molecular flexibility index (Phi) is 4.31. The molecule has 0 fully saturated rings. The van der Waals surface area contributed by atoms with Gasteiger partial charge in [-0.25, -0.2) is 4.79 Å². The summed E-state index contributed by atoms with van der Waals surface area (Å²) < 4.78 is 5.43. The zero-order valence-corrected chi connectivity index (χ0v) is 11.1. The molecule has 0 spiro atoms. The molecular formula is C13H11NO5S. The van der Waals surface area contributed by atoms with Crippen molar-refractivity contribution in [3.63, 3.8) is 0 Å². The van der Waals surface area contributed by atoms with E-state index >= 15 is 0 Å². The maximum absolute atomic E-state index is 10.7. The van der Waals surface area contributed by atoms with Crippen LogP contribution in [0.5, 0.6) is 5.75 Å². The Labute approximate surface area is 118 Å². The molecule has 0 unspecified atom stereocenters. The molecule has 0 aliphatic rings. The quantitative estimate of drug-likeness (QED) is 0.653. The maximum Gasteiger partial charge on any atom is 0.346 e. The normalized spacial score (nSPS) is 10.2. The first-order chi connectivity index (χ1) is 9.56. The van der Waals surface area contributed by atoms with Crippen molar-refractivity contribution in [1.29, 1.82) is 0 Å². The number of nitrogens with zero attached hydrogens (tertiary/aromatic N) is 1. The van der Waals surface area contributed by atoms with Crippen LogP contribution in [0.2, 0.25) is 0 Å². The van der Waals surface area contributed by atoms with Crippen LogP contribution in [0.25, 0.3) is 0 Å². The summed E-state index contributed by atoms with van der Waals surface area (Å²) in [6.07, 6.45) is 0.593. The second kappa shape index (κ2) is 6.16. The van der Waals surface area contributed by atoms with Gasteiger partial charge < -0.3 is 9.84 Å². The fourth-order valence-electron chi connectivity index (χ4n) is 1.58. The molecule has 1 N–H and O–H groups in total. The van der Waals surface area contributed by atoms with Gasteiger partial charge in [0.1, 0.15) is 10.6 Å². The average molecular weight is 293 g/mol. The molecule has 0 saturated heterocycles. The van der Waals surface area contributed by atoms with Crippen LogP contribution in [-0.4, -0.2) is 22.6 Å². The number of nitro benzene ring substituents is 1. The first kappa shape index (κ1) is 14.0. The first-order valence-electron chi connectivity index (χ1n) is 5.74. The number of ether oxygens (including phenoxy) is 1. The monoisotopic (exact) mass is 293 g/mol. The highest BCUT2D eigenvalue weighted by Gasteiger charge is 2.08. The molecule has 104 valence electrons. The summed E-state index contributed by atoms with van der Waals surface area (Å²) in [5.74, 6) is -0.450. The SMILES string of the molecule is O=C(O)c1cc(OCCc2ccc([N+](=O)[O-])cc2)cs1. The molecule has 7 heteroatoms. The van der Waals surface area contributed by atoms with Crippen molar-refractivity contribution in [3.05, 3.63) is 56.3 Å². The first-order valence-corrected chi connectivity index (χ1v) is 6.62. The highest BCUT2D eigenvalue weighted by atomic mass is 32.1. The summed E-state index contributed by atoms with van der Waals surface area (Å²) in [4.78, 5) is 21.0. The fourth-order valence-corrected chi connectivity index (χ4v) is 2.24. The molecule has 0 aliphatic heterocycles. The summed E-state index contributed by atoms with van der Waals surface area (Å²) in [6, 6.07) is 7.73. The van der Waals surface area contributed by atoms with Gasteiger partial charge >= 0.3 is 5.97 Å². The molecule has 1 aromatic heterocycles. The van der Waals surface area contributed by atoms with E-state index in [2.05, 4.69) is 0 Å². The third-order valence-corrected chi connectivity index (χ3v) is 3.49. The highest BCUT2D eigenvalue weighted by Crippen LogP contribution is 2.21. The predicted octanol–water partition coefficient (Wildman–Crippen LogP) is 2.98. The number of carboxylic acid groups (broad SMARTS) is 1. The Bertz CT molecular complexity index is 620. The van der Waals surface area contributed by atoms with Gasteiger partial charge in [-0.1, -0.05) is 12.1 Å². The third-order valence-electron chi connectivity index (χ3n) is 2.59. The highest BCUT2D eigenvalue weighted by molar-refractivity contribution is 7.12. The molecule has 6 nitrogen and oxygen atoms in total. The minimum Gasteiger partial charge on any atom is -0.492 e. The van der Waals surface area contributed by atoms with E-state index in [-0.39, 0.29) is 10.6 Å². The van der Waals surface area contributed by atoms with Gasteiger partial charge in [-0.15, -0.1) is 11.3 Å². The van der Waals surface area contributed by atoms with Gasteiger partial charge in [0.15, 0.2) is 0 Å². The van der Waals surface area contributed by atoms with Gasteiger partial charge in [0.2, 0.25) is 0 Å². The molecule has 0 atom stereocenters. The Morgan fingerprint density at radius 2 is 2.05 bits per heavy atom. The van der Waals surface area contributed by atoms with Gasteiger partial charge in [-0.05, 0) is 5.56 Å². The molecule has 0 amide bonds. The molecule has 0 radical (unpaired) electrons. The zero-order valence-electron chi connectivity index (χ0n) is 10.3. The second-order valence-electron chi connectivity index (χ2n) is 3.97. The fraction of sp³-hybridized carbons (Fsp3) is 0.154. The number of aromatic carboxylic acids is 1. The minimum absolute atomic E-state index is 0.0543. The average Bonchev–Trinajstić information content (AvgIpc) is 2.88.